The van der Waals surface area contributed by atoms with Crippen LogP contribution in [0.5, 0.6) is 0 Å². The topological polar surface area (TPSA) is 41.6 Å². The zero-order valence-electron chi connectivity index (χ0n) is 7.08. The Morgan fingerprint density at radius 2 is 2.50 bits per heavy atom. The van der Waals surface area contributed by atoms with Crippen LogP contribution in [0.2, 0.25) is 5.15 Å². The van der Waals surface area contributed by atoms with E-state index in [9.17, 15) is 0 Å². The number of hydrogen-bond donors (Lipinski definition) is 0. The molecule has 0 aromatic carbocycles. The summed E-state index contributed by atoms with van der Waals surface area (Å²) in [4.78, 5) is 0. The Kier molecular flexibility index (Phi) is 2.72. The molecule has 4 heteroatoms. The number of rotatable bonds is 2. The Hall–Kier alpha value is -1.01. The van der Waals surface area contributed by atoms with Gasteiger partial charge in [0, 0.05) is 12.1 Å². The van der Waals surface area contributed by atoms with E-state index in [1.54, 1.807) is 10.9 Å². The normalized spacial score (nSPS) is 12.5. The van der Waals surface area contributed by atoms with Gasteiger partial charge in [0.15, 0.2) is 0 Å². The van der Waals surface area contributed by atoms with Gasteiger partial charge in [-0.25, -0.2) is 0 Å². The van der Waals surface area contributed by atoms with Gasteiger partial charge in [-0.05, 0) is 13.8 Å². The van der Waals surface area contributed by atoms with E-state index in [4.69, 9.17) is 16.9 Å². The van der Waals surface area contributed by atoms with Gasteiger partial charge >= 0.3 is 0 Å². The first-order valence-electron chi connectivity index (χ1n) is 3.81. The van der Waals surface area contributed by atoms with Crippen LogP contribution in [0.3, 0.4) is 0 Å². The van der Waals surface area contributed by atoms with Crippen molar-refractivity contribution in [1.29, 1.82) is 5.26 Å². The summed E-state index contributed by atoms with van der Waals surface area (Å²) in [6.07, 6.45) is 1.65. The molecule has 3 nitrogen and oxygen atoms in total. The van der Waals surface area contributed by atoms with Crippen LogP contribution in [0.25, 0.3) is 0 Å². The van der Waals surface area contributed by atoms with E-state index < -0.39 is 0 Å². The summed E-state index contributed by atoms with van der Waals surface area (Å²) in [5.74, 6) is -0.183. The first-order valence-corrected chi connectivity index (χ1v) is 4.19. The molecule has 1 unspecified atom stereocenters. The van der Waals surface area contributed by atoms with Crippen molar-refractivity contribution in [2.24, 2.45) is 0 Å². The van der Waals surface area contributed by atoms with E-state index in [2.05, 4.69) is 11.2 Å². The summed E-state index contributed by atoms with van der Waals surface area (Å²) in [6.45, 7) is 4.50. The van der Waals surface area contributed by atoms with Crippen molar-refractivity contribution in [3.05, 3.63) is 16.9 Å². The minimum absolute atomic E-state index is 0.183. The molecule has 64 valence electrons. The fourth-order valence-corrected chi connectivity index (χ4v) is 1.34. The van der Waals surface area contributed by atoms with E-state index in [1.165, 1.54) is 0 Å². The number of nitrogens with zero attached hydrogens (tertiary/aromatic N) is 3. The smallest absolute Gasteiger partial charge is 0.131 e. The number of aryl methyl sites for hydroxylation is 1. The molecule has 1 rings (SSSR count). The molecule has 1 atom stereocenters. The summed E-state index contributed by atoms with van der Waals surface area (Å²) in [6, 6.07) is 2.12. The molecule has 0 aliphatic rings. The largest absolute Gasteiger partial charge is 0.254 e. The minimum Gasteiger partial charge on any atom is -0.254 e. The molecule has 0 spiro atoms. The summed E-state index contributed by atoms with van der Waals surface area (Å²) < 4.78 is 1.67. The second-order valence-corrected chi connectivity index (χ2v) is 2.92. The highest BCUT2D eigenvalue weighted by molar-refractivity contribution is 6.30. The van der Waals surface area contributed by atoms with Crippen LogP contribution >= 0.6 is 11.6 Å². The van der Waals surface area contributed by atoms with E-state index in [1.807, 2.05) is 13.8 Å². The van der Waals surface area contributed by atoms with Crippen molar-refractivity contribution in [1.82, 2.24) is 9.78 Å². The maximum absolute atomic E-state index is 8.65. The standard InChI is InChI=1S/C8H10ClN3/c1-3-12-8(9)7(5-11-12)6(2)4-10/h5-6H,3H2,1-2H3. The molecule has 0 N–H and O–H groups in total. The predicted octanol–water partition coefficient (Wildman–Crippen LogP) is 2.18. The average molecular weight is 184 g/mol. The van der Waals surface area contributed by atoms with Crippen LogP contribution in [-0.4, -0.2) is 9.78 Å². The zero-order chi connectivity index (χ0) is 9.14. The van der Waals surface area contributed by atoms with Gasteiger partial charge in [-0.3, -0.25) is 4.68 Å². The lowest BCUT2D eigenvalue weighted by Gasteiger charge is -2.00. The Labute approximate surface area is 76.6 Å². The van der Waals surface area contributed by atoms with E-state index in [0.717, 1.165) is 12.1 Å². The van der Waals surface area contributed by atoms with Crippen molar-refractivity contribution >= 4 is 11.6 Å². The van der Waals surface area contributed by atoms with Crippen LogP contribution < -0.4 is 0 Å². The van der Waals surface area contributed by atoms with Crippen LogP contribution in [0.1, 0.15) is 25.3 Å². The van der Waals surface area contributed by atoms with Gasteiger partial charge in [0.25, 0.3) is 0 Å². The third-order valence-electron chi connectivity index (χ3n) is 1.76. The van der Waals surface area contributed by atoms with Gasteiger partial charge in [0.2, 0.25) is 0 Å². The molecular formula is C8H10ClN3. The van der Waals surface area contributed by atoms with Gasteiger partial charge in [0.05, 0.1) is 18.2 Å². The molecule has 1 aromatic rings. The Bertz CT molecular complexity index is 311. The third kappa shape index (κ3) is 1.44. The molecule has 0 aliphatic carbocycles. The quantitative estimate of drug-likeness (QED) is 0.705. The Balaban J connectivity index is 3.04. The molecule has 1 heterocycles. The van der Waals surface area contributed by atoms with Crippen molar-refractivity contribution in [3.8, 4) is 6.07 Å². The highest BCUT2D eigenvalue weighted by Crippen LogP contribution is 2.23. The molecule has 0 radical (unpaired) electrons. The van der Waals surface area contributed by atoms with Gasteiger partial charge in [0.1, 0.15) is 5.15 Å². The highest BCUT2D eigenvalue weighted by Gasteiger charge is 2.12. The lowest BCUT2D eigenvalue weighted by atomic mass is 10.1. The molecule has 0 fully saturated rings. The molecule has 12 heavy (non-hydrogen) atoms. The van der Waals surface area contributed by atoms with Crippen molar-refractivity contribution in [2.75, 3.05) is 0 Å². The Morgan fingerprint density at radius 3 is 2.92 bits per heavy atom. The lowest BCUT2D eigenvalue weighted by molar-refractivity contribution is 0.660. The summed E-state index contributed by atoms with van der Waals surface area (Å²) in [7, 11) is 0. The number of aromatic nitrogens is 2. The fraction of sp³-hybridized carbons (Fsp3) is 0.500. The second kappa shape index (κ2) is 3.59. The molecule has 0 amide bonds. The summed E-state index contributed by atoms with van der Waals surface area (Å²) in [5.41, 5.74) is 0.806. The van der Waals surface area contributed by atoms with E-state index >= 15 is 0 Å². The number of hydrogen-bond acceptors (Lipinski definition) is 2. The van der Waals surface area contributed by atoms with Crippen LogP contribution in [0.15, 0.2) is 6.20 Å². The maximum atomic E-state index is 8.65. The molecule has 0 bridgehead atoms. The van der Waals surface area contributed by atoms with Gasteiger partial charge in [-0.1, -0.05) is 11.6 Å². The predicted molar refractivity (Wildman–Crippen MR) is 46.9 cm³/mol. The number of halogens is 1. The van der Waals surface area contributed by atoms with E-state index in [0.29, 0.717) is 5.15 Å². The molecule has 0 aliphatic heterocycles. The van der Waals surface area contributed by atoms with E-state index in [-0.39, 0.29) is 5.92 Å². The van der Waals surface area contributed by atoms with Gasteiger partial charge in [-0.15, -0.1) is 0 Å². The molecule has 0 saturated carbocycles. The first-order chi connectivity index (χ1) is 5.70. The second-order valence-electron chi connectivity index (χ2n) is 2.56. The number of nitriles is 1. The fourth-order valence-electron chi connectivity index (χ4n) is 0.965. The monoisotopic (exact) mass is 183 g/mol. The first kappa shape index (κ1) is 9.08. The highest BCUT2D eigenvalue weighted by atomic mass is 35.5. The zero-order valence-corrected chi connectivity index (χ0v) is 7.84. The molecule has 1 aromatic heterocycles. The van der Waals surface area contributed by atoms with Crippen molar-refractivity contribution < 1.29 is 0 Å². The van der Waals surface area contributed by atoms with Crippen LogP contribution in [0.4, 0.5) is 0 Å². The van der Waals surface area contributed by atoms with Crippen LogP contribution in [-0.2, 0) is 6.54 Å². The lowest BCUT2D eigenvalue weighted by Crippen LogP contribution is -1.96. The average Bonchev–Trinajstić information content (AvgIpc) is 2.45. The summed E-state index contributed by atoms with van der Waals surface area (Å²) >= 11 is 5.95. The molecular weight excluding hydrogens is 174 g/mol. The van der Waals surface area contributed by atoms with Crippen LogP contribution in [0, 0.1) is 11.3 Å². The van der Waals surface area contributed by atoms with Gasteiger partial charge in [-0.2, -0.15) is 10.4 Å². The SMILES string of the molecule is CCn1ncc(C(C)C#N)c1Cl. The summed E-state index contributed by atoms with van der Waals surface area (Å²) in [5, 5.41) is 13.3. The van der Waals surface area contributed by atoms with Crippen molar-refractivity contribution in [3.63, 3.8) is 0 Å². The minimum atomic E-state index is -0.183. The van der Waals surface area contributed by atoms with Gasteiger partial charge < -0.3 is 0 Å². The maximum Gasteiger partial charge on any atom is 0.131 e. The Morgan fingerprint density at radius 1 is 1.83 bits per heavy atom. The molecule has 0 saturated heterocycles. The third-order valence-corrected chi connectivity index (χ3v) is 2.17. The van der Waals surface area contributed by atoms with Crippen molar-refractivity contribution in [2.45, 2.75) is 26.3 Å².